The first-order valence-electron chi connectivity index (χ1n) is 10.8. The van der Waals surface area contributed by atoms with Crippen molar-refractivity contribution in [3.63, 3.8) is 0 Å². The summed E-state index contributed by atoms with van der Waals surface area (Å²) in [5.41, 5.74) is 5.82. The van der Waals surface area contributed by atoms with Gasteiger partial charge in [-0.3, -0.25) is 0 Å². The van der Waals surface area contributed by atoms with Gasteiger partial charge in [-0.1, -0.05) is 42.2 Å². The van der Waals surface area contributed by atoms with Crippen molar-refractivity contribution in [2.24, 2.45) is 5.92 Å². The molecule has 0 aromatic heterocycles. The van der Waals surface area contributed by atoms with E-state index in [4.69, 9.17) is 9.47 Å². The van der Waals surface area contributed by atoms with Gasteiger partial charge in [0.25, 0.3) is 0 Å². The SMILES string of the molecule is Cc1ccc([C@H]2C[C@@H](O)C[C@@H](CO)O2)cc1Cc1ccc(C#C[C@@H]2CCOC2)cc1. The molecule has 0 amide bonds. The molecule has 2 heterocycles. The molecule has 2 aliphatic rings. The molecule has 0 spiro atoms. The summed E-state index contributed by atoms with van der Waals surface area (Å²) in [6.07, 6.45) is 2.02. The first-order chi connectivity index (χ1) is 14.6. The highest BCUT2D eigenvalue weighted by Crippen LogP contribution is 2.32. The second-order valence-corrected chi connectivity index (χ2v) is 8.44. The van der Waals surface area contributed by atoms with E-state index in [-0.39, 0.29) is 18.8 Å². The van der Waals surface area contributed by atoms with E-state index in [1.54, 1.807) is 0 Å². The van der Waals surface area contributed by atoms with Crippen LogP contribution in [0.1, 0.15) is 53.2 Å². The molecule has 0 unspecified atom stereocenters. The van der Waals surface area contributed by atoms with Gasteiger partial charge in [0.1, 0.15) is 0 Å². The fraction of sp³-hybridized carbons (Fsp3) is 0.462. The third kappa shape index (κ3) is 5.30. The molecular weight excluding hydrogens is 376 g/mol. The van der Waals surface area contributed by atoms with Crippen LogP contribution < -0.4 is 0 Å². The lowest BCUT2D eigenvalue weighted by Crippen LogP contribution is -2.33. The lowest BCUT2D eigenvalue weighted by atomic mass is 9.92. The van der Waals surface area contributed by atoms with Crippen LogP contribution in [0, 0.1) is 24.7 Å². The summed E-state index contributed by atoms with van der Waals surface area (Å²) in [6, 6.07) is 14.8. The Morgan fingerprint density at radius 3 is 2.67 bits per heavy atom. The van der Waals surface area contributed by atoms with Crippen LogP contribution in [-0.2, 0) is 15.9 Å². The monoisotopic (exact) mass is 406 g/mol. The summed E-state index contributed by atoms with van der Waals surface area (Å²) >= 11 is 0. The van der Waals surface area contributed by atoms with Crippen molar-refractivity contribution < 1.29 is 19.7 Å². The Labute approximate surface area is 178 Å². The van der Waals surface area contributed by atoms with E-state index < -0.39 is 6.10 Å². The maximum Gasteiger partial charge on any atom is 0.0854 e. The van der Waals surface area contributed by atoms with Crippen molar-refractivity contribution in [2.45, 2.75) is 50.9 Å². The van der Waals surface area contributed by atoms with E-state index >= 15 is 0 Å². The molecule has 4 heteroatoms. The zero-order valence-corrected chi connectivity index (χ0v) is 17.5. The number of aryl methyl sites for hydroxylation is 1. The summed E-state index contributed by atoms with van der Waals surface area (Å²) in [5, 5.41) is 19.6. The quantitative estimate of drug-likeness (QED) is 0.763. The molecule has 0 radical (unpaired) electrons. The summed E-state index contributed by atoms with van der Waals surface area (Å²) in [6.45, 7) is 3.63. The molecule has 2 N–H and O–H groups in total. The fourth-order valence-electron chi connectivity index (χ4n) is 4.16. The topological polar surface area (TPSA) is 58.9 Å². The summed E-state index contributed by atoms with van der Waals surface area (Å²) in [4.78, 5) is 0. The second kappa shape index (κ2) is 9.76. The van der Waals surface area contributed by atoms with Crippen LogP contribution >= 0.6 is 0 Å². The zero-order valence-electron chi connectivity index (χ0n) is 17.5. The second-order valence-electron chi connectivity index (χ2n) is 8.44. The first-order valence-corrected chi connectivity index (χ1v) is 10.8. The molecular formula is C26H30O4. The van der Waals surface area contributed by atoms with Gasteiger partial charge in [0.2, 0.25) is 0 Å². The Morgan fingerprint density at radius 1 is 1.10 bits per heavy atom. The minimum atomic E-state index is -0.435. The standard InChI is InChI=1S/C26H30O4/c1-18-2-9-22(26-15-24(28)14-25(16-27)30-26)13-23(18)12-20-6-3-19(4-7-20)5-8-21-10-11-29-17-21/h2-4,6-7,9,13,21,24-28H,10-12,14-17H2,1H3/t21-,24+,25+,26-/m1/s1. The predicted molar refractivity (Wildman–Crippen MR) is 116 cm³/mol. The molecule has 0 aliphatic carbocycles. The third-order valence-corrected chi connectivity index (χ3v) is 6.03. The van der Waals surface area contributed by atoms with Crippen molar-refractivity contribution in [2.75, 3.05) is 19.8 Å². The van der Waals surface area contributed by atoms with Crippen LogP contribution in [0.15, 0.2) is 42.5 Å². The lowest BCUT2D eigenvalue weighted by Gasteiger charge is -2.32. The Bertz CT molecular complexity index is 903. The van der Waals surface area contributed by atoms with Crippen molar-refractivity contribution in [3.8, 4) is 11.8 Å². The number of aliphatic hydroxyl groups is 2. The molecule has 2 fully saturated rings. The number of benzene rings is 2. The molecule has 30 heavy (non-hydrogen) atoms. The van der Waals surface area contributed by atoms with Gasteiger partial charge in [0.05, 0.1) is 31.5 Å². The summed E-state index contributed by atoms with van der Waals surface area (Å²) in [7, 11) is 0. The van der Waals surface area contributed by atoms with Gasteiger partial charge < -0.3 is 19.7 Å². The molecule has 2 aromatic carbocycles. The van der Waals surface area contributed by atoms with Crippen LogP contribution in [0.25, 0.3) is 0 Å². The normalized spacial score (nSPS) is 26.2. The van der Waals surface area contributed by atoms with Crippen LogP contribution in [0.5, 0.6) is 0 Å². The molecule has 4 rings (SSSR count). The van der Waals surface area contributed by atoms with E-state index in [1.807, 2.05) is 0 Å². The van der Waals surface area contributed by atoms with Gasteiger partial charge in [0, 0.05) is 30.9 Å². The summed E-state index contributed by atoms with van der Waals surface area (Å²) in [5.74, 6) is 6.93. The van der Waals surface area contributed by atoms with Crippen molar-refractivity contribution in [3.05, 3.63) is 70.3 Å². The largest absolute Gasteiger partial charge is 0.394 e. The number of rotatable bonds is 4. The van der Waals surface area contributed by atoms with E-state index in [9.17, 15) is 10.2 Å². The van der Waals surface area contributed by atoms with E-state index in [0.717, 1.165) is 37.2 Å². The molecule has 4 nitrogen and oxygen atoms in total. The molecule has 2 saturated heterocycles. The van der Waals surface area contributed by atoms with Crippen molar-refractivity contribution in [1.82, 2.24) is 0 Å². The Kier molecular flexibility index (Phi) is 6.86. The van der Waals surface area contributed by atoms with Gasteiger partial charge in [-0.05, 0) is 54.2 Å². The van der Waals surface area contributed by atoms with Crippen LogP contribution in [0.3, 0.4) is 0 Å². The van der Waals surface area contributed by atoms with Gasteiger partial charge in [-0.25, -0.2) is 0 Å². The average Bonchev–Trinajstić information content (AvgIpc) is 3.28. The van der Waals surface area contributed by atoms with E-state index in [1.165, 1.54) is 16.7 Å². The minimum absolute atomic E-state index is 0.0602. The number of aliphatic hydroxyl groups excluding tert-OH is 2. The number of hydrogen-bond donors (Lipinski definition) is 2. The maximum absolute atomic E-state index is 10.1. The molecule has 4 atom stereocenters. The molecule has 2 aromatic rings. The Hall–Kier alpha value is -2.16. The molecule has 0 bridgehead atoms. The van der Waals surface area contributed by atoms with Crippen molar-refractivity contribution >= 4 is 0 Å². The van der Waals surface area contributed by atoms with Crippen LogP contribution in [0.4, 0.5) is 0 Å². The molecule has 0 saturated carbocycles. The van der Waals surface area contributed by atoms with Crippen LogP contribution in [-0.4, -0.2) is 42.2 Å². The average molecular weight is 407 g/mol. The zero-order chi connectivity index (χ0) is 20.9. The fourth-order valence-corrected chi connectivity index (χ4v) is 4.16. The highest BCUT2D eigenvalue weighted by atomic mass is 16.5. The van der Waals surface area contributed by atoms with Crippen LogP contribution in [0.2, 0.25) is 0 Å². The van der Waals surface area contributed by atoms with Gasteiger partial charge in [-0.15, -0.1) is 0 Å². The lowest BCUT2D eigenvalue weighted by molar-refractivity contribution is -0.113. The highest BCUT2D eigenvalue weighted by Gasteiger charge is 2.29. The first kappa shape index (κ1) is 21.1. The van der Waals surface area contributed by atoms with Gasteiger partial charge in [-0.2, -0.15) is 0 Å². The van der Waals surface area contributed by atoms with E-state index in [2.05, 4.69) is 61.2 Å². The molecule has 158 valence electrons. The van der Waals surface area contributed by atoms with E-state index in [0.29, 0.717) is 18.8 Å². The highest BCUT2D eigenvalue weighted by molar-refractivity contribution is 5.40. The maximum atomic E-state index is 10.1. The smallest absolute Gasteiger partial charge is 0.0854 e. The summed E-state index contributed by atoms with van der Waals surface area (Å²) < 4.78 is 11.4. The van der Waals surface area contributed by atoms with Crippen molar-refractivity contribution in [1.29, 1.82) is 0 Å². The number of hydrogen-bond acceptors (Lipinski definition) is 4. The van der Waals surface area contributed by atoms with Gasteiger partial charge >= 0.3 is 0 Å². The van der Waals surface area contributed by atoms with Gasteiger partial charge in [0.15, 0.2) is 0 Å². The minimum Gasteiger partial charge on any atom is -0.394 e. The molecule has 2 aliphatic heterocycles. The third-order valence-electron chi connectivity index (χ3n) is 6.03. The Morgan fingerprint density at radius 2 is 1.93 bits per heavy atom. The predicted octanol–water partition coefficient (Wildman–Crippen LogP) is 3.55. The Balaban J connectivity index is 1.45. The number of ether oxygens (including phenoxy) is 2.